The molecule has 0 spiro atoms. The van der Waals surface area contributed by atoms with Gasteiger partial charge in [-0.2, -0.15) is 5.10 Å². The van der Waals surface area contributed by atoms with E-state index in [0.717, 1.165) is 24.0 Å². The van der Waals surface area contributed by atoms with Crippen LogP contribution in [0.25, 0.3) is 0 Å². The molecule has 3 aromatic carbocycles. The van der Waals surface area contributed by atoms with Crippen molar-refractivity contribution in [3.05, 3.63) is 95.6 Å². The van der Waals surface area contributed by atoms with Crippen LogP contribution in [0, 0.1) is 0 Å². The van der Waals surface area contributed by atoms with Gasteiger partial charge in [0.25, 0.3) is 5.91 Å². The maximum absolute atomic E-state index is 12.1. The van der Waals surface area contributed by atoms with Gasteiger partial charge in [-0.25, -0.2) is 5.43 Å². The third-order valence-electron chi connectivity index (χ3n) is 5.09. The lowest BCUT2D eigenvalue weighted by molar-refractivity contribution is -0.123. The van der Waals surface area contributed by atoms with E-state index in [4.69, 9.17) is 9.47 Å². The Morgan fingerprint density at radius 3 is 2.44 bits per heavy atom. The van der Waals surface area contributed by atoms with E-state index in [1.165, 1.54) is 5.56 Å². The van der Waals surface area contributed by atoms with Crippen molar-refractivity contribution in [3.63, 3.8) is 0 Å². The molecule has 1 amide bonds. The van der Waals surface area contributed by atoms with Gasteiger partial charge in [0.2, 0.25) is 0 Å². The van der Waals surface area contributed by atoms with Crippen molar-refractivity contribution in [1.82, 2.24) is 5.43 Å². The minimum Gasteiger partial charge on any atom is -0.488 e. The number of nitrogens with zero attached hydrogens (tertiary/aromatic N) is 1. The topological polar surface area (TPSA) is 59.9 Å². The molecule has 5 nitrogen and oxygen atoms in total. The second-order valence-electron chi connectivity index (χ2n) is 7.65. The molecule has 1 atom stereocenters. The Morgan fingerprint density at radius 2 is 1.69 bits per heavy atom. The normalized spacial score (nSPS) is 11.8. The first-order chi connectivity index (χ1) is 15.7. The van der Waals surface area contributed by atoms with Crippen LogP contribution < -0.4 is 14.9 Å². The van der Waals surface area contributed by atoms with E-state index in [-0.39, 0.29) is 12.5 Å². The van der Waals surface area contributed by atoms with Crippen LogP contribution in [0.15, 0.2) is 84.0 Å². The lowest BCUT2D eigenvalue weighted by atomic mass is 9.97. The van der Waals surface area contributed by atoms with Crippen molar-refractivity contribution in [3.8, 4) is 11.5 Å². The van der Waals surface area contributed by atoms with Gasteiger partial charge >= 0.3 is 0 Å². The number of ether oxygens (including phenoxy) is 2. The molecule has 3 aromatic rings. The monoisotopic (exact) mass is 430 g/mol. The fraction of sp³-hybridized carbons (Fsp3) is 0.259. The summed E-state index contributed by atoms with van der Waals surface area (Å²) in [4.78, 5) is 12.1. The van der Waals surface area contributed by atoms with E-state index in [1.807, 2.05) is 66.7 Å². The Kier molecular flexibility index (Phi) is 8.87. The smallest absolute Gasteiger partial charge is 0.277 e. The van der Waals surface area contributed by atoms with Gasteiger partial charge in [0.15, 0.2) is 6.61 Å². The summed E-state index contributed by atoms with van der Waals surface area (Å²) in [5.41, 5.74) is 5.64. The van der Waals surface area contributed by atoms with E-state index >= 15 is 0 Å². The molecule has 0 aliphatic rings. The van der Waals surface area contributed by atoms with Crippen molar-refractivity contribution in [2.24, 2.45) is 5.10 Å². The SMILES string of the molecule is CCCC(C)c1ccc(OCC(=O)N/N=C/c2ccccc2OCc2ccccc2)cc1. The molecule has 0 radical (unpaired) electrons. The second-order valence-corrected chi connectivity index (χ2v) is 7.65. The standard InChI is InChI=1S/C27H30N2O3/c1-3-9-21(2)23-14-16-25(17-15-23)31-20-27(30)29-28-18-24-12-7-8-13-26(24)32-19-22-10-5-4-6-11-22/h4-8,10-18,21H,3,9,19-20H2,1-2H3,(H,29,30)/b28-18+. The highest BCUT2D eigenvalue weighted by atomic mass is 16.5. The Morgan fingerprint density at radius 1 is 0.969 bits per heavy atom. The highest BCUT2D eigenvalue weighted by molar-refractivity contribution is 5.85. The zero-order chi connectivity index (χ0) is 22.6. The number of benzene rings is 3. The average molecular weight is 431 g/mol. The van der Waals surface area contributed by atoms with Crippen LogP contribution in [-0.4, -0.2) is 18.7 Å². The molecular formula is C27H30N2O3. The Balaban J connectivity index is 1.47. The van der Waals surface area contributed by atoms with E-state index in [1.54, 1.807) is 6.21 Å². The number of carbonyl (C=O) groups is 1. The van der Waals surface area contributed by atoms with Crippen molar-refractivity contribution in [2.75, 3.05) is 6.61 Å². The van der Waals surface area contributed by atoms with E-state index in [2.05, 4.69) is 36.5 Å². The number of hydrazone groups is 1. The molecule has 0 saturated carbocycles. The van der Waals surface area contributed by atoms with E-state index in [9.17, 15) is 4.79 Å². The third-order valence-corrected chi connectivity index (χ3v) is 5.09. The molecule has 0 bridgehead atoms. The fourth-order valence-electron chi connectivity index (χ4n) is 3.30. The number of para-hydroxylation sites is 1. The Hall–Kier alpha value is -3.60. The number of nitrogens with one attached hydrogen (secondary N) is 1. The molecule has 0 heterocycles. The summed E-state index contributed by atoms with van der Waals surface area (Å²) in [6.45, 7) is 4.76. The Labute approximate surface area is 190 Å². The molecular weight excluding hydrogens is 400 g/mol. The first-order valence-electron chi connectivity index (χ1n) is 11.0. The third kappa shape index (κ3) is 7.27. The predicted octanol–water partition coefficient (Wildman–Crippen LogP) is 5.70. The quantitative estimate of drug-likeness (QED) is 0.314. The number of hydrogen-bond donors (Lipinski definition) is 1. The van der Waals surface area contributed by atoms with E-state index < -0.39 is 0 Å². The lowest BCUT2D eigenvalue weighted by Crippen LogP contribution is -2.24. The fourth-order valence-corrected chi connectivity index (χ4v) is 3.30. The molecule has 0 aliphatic heterocycles. The maximum atomic E-state index is 12.1. The summed E-state index contributed by atoms with van der Waals surface area (Å²) in [7, 11) is 0. The van der Waals surface area contributed by atoms with Crippen LogP contribution in [0.5, 0.6) is 11.5 Å². The van der Waals surface area contributed by atoms with Crippen LogP contribution in [0.4, 0.5) is 0 Å². The van der Waals surface area contributed by atoms with Gasteiger partial charge in [-0.05, 0) is 47.7 Å². The molecule has 0 fully saturated rings. The van der Waals surface area contributed by atoms with Crippen molar-refractivity contribution in [2.45, 2.75) is 39.2 Å². The van der Waals surface area contributed by atoms with Gasteiger partial charge in [0, 0.05) is 5.56 Å². The summed E-state index contributed by atoms with van der Waals surface area (Å²) in [6, 6.07) is 25.4. The minimum atomic E-state index is -0.327. The number of rotatable bonds is 11. The maximum Gasteiger partial charge on any atom is 0.277 e. The largest absolute Gasteiger partial charge is 0.488 e. The zero-order valence-electron chi connectivity index (χ0n) is 18.7. The predicted molar refractivity (Wildman–Crippen MR) is 128 cm³/mol. The van der Waals surface area contributed by atoms with Crippen molar-refractivity contribution in [1.29, 1.82) is 0 Å². The van der Waals surface area contributed by atoms with E-state index in [0.29, 0.717) is 24.0 Å². The summed E-state index contributed by atoms with van der Waals surface area (Å²) < 4.78 is 11.5. The molecule has 32 heavy (non-hydrogen) atoms. The molecule has 1 N–H and O–H groups in total. The summed E-state index contributed by atoms with van der Waals surface area (Å²) in [5.74, 6) is 1.55. The molecule has 166 valence electrons. The minimum absolute atomic E-state index is 0.104. The van der Waals surface area contributed by atoms with Gasteiger partial charge in [-0.3, -0.25) is 4.79 Å². The highest BCUT2D eigenvalue weighted by Crippen LogP contribution is 2.23. The molecule has 0 aliphatic carbocycles. The molecule has 1 unspecified atom stereocenters. The first kappa shape index (κ1) is 23.1. The number of hydrogen-bond acceptors (Lipinski definition) is 4. The van der Waals surface area contributed by atoms with Gasteiger partial charge < -0.3 is 9.47 Å². The van der Waals surface area contributed by atoms with Crippen LogP contribution in [0.2, 0.25) is 0 Å². The van der Waals surface area contributed by atoms with Crippen molar-refractivity contribution < 1.29 is 14.3 Å². The summed E-state index contributed by atoms with van der Waals surface area (Å²) >= 11 is 0. The van der Waals surface area contributed by atoms with Crippen molar-refractivity contribution >= 4 is 12.1 Å². The Bertz CT molecular complexity index is 1000. The molecule has 5 heteroatoms. The van der Waals surface area contributed by atoms with Gasteiger partial charge in [-0.1, -0.05) is 74.9 Å². The first-order valence-corrected chi connectivity index (χ1v) is 11.0. The molecule has 0 aromatic heterocycles. The van der Waals surface area contributed by atoms with Crippen LogP contribution >= 0.6 is 0 Å². The molecule has 0 saturated heterocycles. The summed E-state index contributed by atoms with van der Waals surface area (Å²) in [6.07, 6.45) is 3.88. The van der Waals surface area contributed by atoms with Crippen LogP contribution in [0.3, 0.4) is 0 Å². The molecule has 3 rings (SSSR count). The van der Waals surface area contributed by atoms with Gasteiger partial charge in [-0.15, -0.1) is 0 Å². The van der Waals surface area contributed by atoms with Gasteiger partial charge in [0.05, 0.1) is 6.21 Å². The van der Waals surface area contributed by atoms with Gasteiger partial charge in [0.1, 0.15) is 18.1 Å². The number of carbonyl (C=O) groups excluding carboxylic acids is 1. The van der Waals surface area contributed by atoms with Crippen LogP contribution in [-0.2, 0) is 11.4 Å². The second kappa shape index (κ2) is 12.3. The van der Waals surface area contributed by atoms with Crippen LogP contribution in [0.1, 0.15) is 49.3 Å². The summed E-state index contributed by atoms with van der Waals surface area (Å²) in [5, 5.41) is 4.04. The number of amides is 1. The highest BCUT2D eigenvalue weighted by Gasteiger charge is 2.06. The average Bonchev–Trinajstić information content (AvgIpc) is 2.83. The lowest BCUT2D eigenvalue weighted by Gasteiger charge is -2.11. The zero-order valence-corrected chi connectivity index (χ0v) is 18.7.